The zero-order chi connectivity index (χ0) is 15.6. The van der Waals surface area contributed by atoms with Crippen LogP contribution in [0.1, 0.15) is 29.0 Å². The van der Waals surface area contributed by atoms with E-state index >= 15 is 0 Å². The van der Waals surface area contributed by atoms with E-state index in [4.69, 9.17) is 5.26 Å². The lowest BCUT2D eigenvalue weighted by atomic mass is 10.1. The van der Waals surface area contributed by atoms with Crippen molar-refractivity contribution < 1.29 is 13.2 Å². The highest BCUT2D eigenvalue weighted by molar-refractivity contribution is 7.10. The number of nitriles is 1. The number of halogens is 3. The molecule has 0 saturated heterocycles. The normalized spacial score (nSPS) is 12.8. The van der Waals surface area contributed by atoms with Crippen LogP contribution in [0.5, 0.6) is 0 Å². The van der Waals surface area contributed by atoms with Crippen molar-refractivity contribution in [1.29, 1.82) is 5.26 Å². The monoisotopic (exact) mass is 310 g/mol. The van der Waals surface area contributed by atoms with Crippen LogP contribution in [-0.4, -0.2) is 7.05 Å². The lowest BCUT2D eigenvalue weighted by Crippen LogP contribution is -2.21. The summed E-state index contributed by atoms with van der Waals surface area (Å²) in [6.07, 6.45) is -4.51. The van der Waals surface area contributed by atoms with Crippen molar-refractivity contribution in [3.63, 3.8) is 0 Å². The van der Waals surface area contributed by atoms with Crippen molar-refractivity contribution in [3.05, 3.63) is 51.7 Å². The molecule has 0 N–H and O–H groups in total. The van der Waals surface area contributed by atoms with Crippen LogP contribution in [0.4, 0.5) is 18.9 Å². The molecule has 1 unspecified atom stereocenters. The maximum Gasteiger partial charge on any atom is 0.417 e. The zero-order valence-electron chi connectivity index (χ0n) is 11.5. The SMILES string of the molecule is CC(c1cccs1)N(C)c1ccc(C(F)(F)F)c(C#N)c1. The van der Waals surface area contributed by atoms with Gasteiger partial charge in [-0.05, 0) is 36.6 Å². The number of benzene rings is 1. The Bertz CT molecular complexity index is 657. The summed E-state index contributed by atoms with van der Waals surface area (Å²) in [5, 5.41) is 10.9. The molecule has 0 aliphatic rings. The number of rotatable bonds is 3. The third kappa shape index (κ3) is 3.19. The highest BCUT2D eigenvalue weighted by atomic mass is 32.1. The minimum Gasteiger partial charge on any atom is -0.367 e. The van der Waals surface area contributed by atoms with E-state index < -0.39 is 11.7 Å². The minimum atomic E-state index is -4.51. The third-order valence-electron chi connectivity index (χ3n) is 3.37. The first kappa shape index (κ1) is 15.4. The maximum atomic E-state index is 12.8. The van der Waals surface area contributed by atoms with Crippen LogP contribution in [0, 0.1) is 11.3 Å². The van der Waals surface area contributed by atoms with E-state index in [0.717, 1.165) is 10.9 Å². The van der Waals surface area contributed by atoms with E-state index in [1.807, 2.05) is 29.3 Å². The van der Waals surface area contributed by atoms with Gasteiger partial charge in [0, 0.05) is 17.6 Å². The molecule has 0 bridgehead atoms. The van der Waals surface area contributed by atoms with Gasteiger partial charge in [-0.2, -0.15) is 18.4 Å². The molecule has 2 nitrogen and oxygen atoms in total. The van der Waals surface area contributed by atoms with Crippen LogP contribution >= 0.6 is 11.3 Å². The number of hydrogen-bond acceptors (Lipinski definition) is 3. The van der Waals surface area contributed by atoms with Gasteiger partial charge in [0.15, 0.2) is 0 Å². The van der Waals surface area contributed by atoms with E-state index in [0.29, 0.717) is 5.69 Å². The van der Waals surface area contributed by atoms with E-state index in [9.17, 15) is 13.2 Å². The van der Waals surface area contributed by atoms with E-state index in [-0.39, 0.29) is 11.6 Å². The molecule has 1 aromatic carbocycles. The molecule has 6 heteroatoms. The number of anilines is 1. The summed E-state index contributed by atoms with van der Waals surface area (Å²) >= 11 is 1.58. The van der Waals surface area contributed by atoms with Gasteiger partial charge in [-0.1, -0.05) is 6.07 Å². The van der Waals surface area contributed by atoms with Gasteiger partial charge in [0.2, 0.25) is 0 Å². The summed E-state index contributed by atoms with van der Waals surface area (Å²) in [5.74, 6) is 0. The predicted molar refractivity (Wildman–Crippen MR) is 77.3 cm³/mol. The largest absolute Gasteiger partial charge is 0.417 e. The Morgan fingerprint density at radius 2 is 2.00 bits per heavy atom. The molecule has 1 aromatic heterocycles. The average Bonchev–Trinajstić information content (AvgIpc) is 2.98. The molecule has 21 heavy (non-hydrogen) atoms. The molecule has 2 rings (SSSR count). The molecule has 2 aromatic rings. The highest BCUT2D eigenvalue weighted by Gasteiger charge is 2.33. The van der Waals surface area contributed by atoms with Crippen molar-refractivity contribution in [2.45, 2.75) is 19.1 Å². The van der Waals surface area contributed by atoms with Gasteiger partial charge in [0.1, 0.15) is 0 Å². The second kappa shape index (κ2) is 5.78. The quantitative estimate of drug-likeness (QED) is 0.811. The molecule has 0 fully saturated rings. The lowest BCUT2D eigenvalue weighted by molar-refractivity contribution is -0.137. The Kier molecular flexibility index (Phi) is 4.24. The Hall–Kier alpha value is -2.00. The first-order chi connectivity index (χ1) is 9.84. The average molecular weight is 310 g/mol. The fourth-order valence-electron chi connectivity index (χ4n) is 2.03. The van der Waals surface area contributed by atoms with Crippen LogP contribution in [0.3, 0.4) is 0 Å². The Labute approximate surface area is 125 Å². The van der Waals surface area contributed by atoms with Crippen LogP contribution in [0.2, 0.25) is 0 Å². The van der Waals surface area contributed by atoms with Gasteiger partial charge in [-0.15, -0.1) is 11.3 Å². The first-order valence-corrected chi connectivity index (χ1v) is 7.10. The van der Waals surface area contributed by atoms with E-state index in [1.54, 1.807) is 24.5 Å². The number of hydrogen-bond donors (Lipinski definition) is 0. The number of alkyl halides is 3. The van der Waals surface area contributed by atoms with E-state index in [2.05, 4.69) is 0 Å². The standard InChI is InChI=1S/C15H13F3N2S/c1-10(14-4-3-7-21-14)20(2)12-5-6-13(15(16,17)18)11(8-12)9-19/h3-8,10H,1-2H3. The third-order valence-corrected chi connectivity index (χ3v) is 4.41. The topological polar surface area (TPSA) is 27.0 Å². The fourth-order valence-corrected chi connectivity index (χ4v) is 2.86. The molecule has 1 heterocycles. The van der Waals surface area contributed by atoms with Gasteiger partial charge in [-0.25, -0.2) is 0 Å². The molecule has 1 atom stereocenters. The molecular weight excluding hydrogens is 297 g/mol. The second-order valence-electron chi connectivity index (χ2n) is 4.64. The minimum absolute atomic E-state index is 0.0216. The molecule has 0 spiro atoms. The van der Waals surface area contributed by atoms with Crippen LogP contribution < -0.4 is 4.90 Å². The van der Waals surface area contributed by atoms with E-state index in [1.165, 1.54) is 12.1 Å². The Morgan fingerprint density at radius 3 is 2.52 bits per heavy atom. The Balaban J connectivity index is 2.35. The van der Waals surface area contributed by atoms with Crippen molar-refractivity contribution in [2.24, 2.45) is 0 Å². The summed E-state index contributed by atoms with van der Waals surface area (Å²) < 4.78 is 38.4. The lowest BCUT2D eigenvalue weighted by Gasteiger charge is -2.27. The van der Waals surface area contributed by atoms with Crippen molar-refractivity contribution in [2.75, 3.05) is 11.9 Å². The van der Waals surface area contributed by atoms with Crippen LogP contribution in [0.15, 0.2) is 35.7 Å². The number of nitrogens with zero attached hydrogens (tertiary/aromatic N) is 2. The summed E-state index contributed by atoms with van der Waals surface area (Å²) in [6, 6.07) is 9.20. The van der Waals surface area contributed by atoms with Crippen molar-refractivity contribution in [1.82, 2.24) is 0 Å². The maximum absolute atomic E-state index is 12.8. The molecule has 0 aliphatic carbocycles. The summed E-state index contributed by atoms with van der Waals surface area (Å²) in [6.45, 7) is 1.97. The van der Waals surface area contributed by atoms with Gasteiger partial charge >= 0.3 is 6.18 Å². The van der Waals surface area contributed by atoms with Crippen LogP contribution in [0.25, 0.3) is 0 Å². The molecule has 0 amide bonds. The van der Waals surface area contributed by atoms with Gasteiger partial charge in [0.25, 0.3) is 0 Å². The summed E-state index contributed by atoms with van der Waals surface area (Å²) in [4.78, 5) is 2.96. The highest BCUT2D eigenvalue weighted by Crippen LogP contribution is 2.35. The summed E-state index contributed by atoms with van der Waals surface area (Å²) in [5.41, 5.74) is -0.670. The predicted octanol–water partition coefficient (Wildman–Crippen LogP) is 4.84. The van der Waals surface area contributed by atoms with Crippen molar-refractivity contribution >= 4 is 17.0 Å². The van der Waals surface area contributed by atoms with Gasteiger partial charge in [0.05, 0.1) is 23.2 Å². The molecular formula is C15H13F3N2S. The van der Waals surface area contributed by atoms with Crippen LogP contribution in [-0.2, 0) is 6.18 Å². The molecule has 0 radical (unpaired) electrons. The molecule has 0 saturated carbocycles. The Morgan fingerprint density at radius 1 is 1.29 bits per heavy atom. The second-order valence-corrected chi connectivity index (χ2v) is 5.62. The van der Waals surface area contributed by atoms with Gasteiger partial charge < -0.3 is 4.90 Å². The summed E-state index contributed by atoms with van der Waals surface area (Å²) in [7, 11) is 1.80. The smallest absolute Gasteiger partial charge is 0.367 e. The molecule has 110 valence electrons. The zero-order valence-corrected chi connectivity index (χ0v) is 12.3. The molecule has 0 aliphatic heterocycles. The van der Waals surface area contributed by atoms with Crippen molar-refractivity contribution in [3.8, 4) is 6.07 Å². The number of thiophene rings is 1. The van der Waals surface area contributed by atoms with Gasteiger partial charge in [-0.3, -0.25) is 0 Å². The fraction of sp³-hybridized carbons (Fsp3) is 0.267. The first-order valence-electron chi connectivity index (χ1n) is 6.22.